The number of nitrogens with one attached hydrogen (secondary N) is 1. The van der Waals surface area contributed by atoms with Crippen LogP contribution in [0.25, 0.3) is 0 Å². The number of carbonyl (C=O) groups excluding carboxylic acids is 1. The predicted molar refractivity (Wildman–Crippen MR) is 76.5 cm³/mol. The van der Waals surface area contributed by atoms with Gasteiger partial charge in [-0.05, 0) is 29.8 Å². The van der Waals surface area contributed by atoms with Crippen LogP contribution in [0.15, 0.2) is 41.0 Å². The summed E-state index contributed by atoms with van der Waals surface area (Å²) in [6.07, 6.45) is 2.53. The van der Waals surface area contributed by atoms with E-state index < -0.39 is 0 Å². The van der Waals surface area contributed by atoms with Crippen LogP contribution in [0.5, 0.6) is 5.75 Å². The SMILES string of the molecule is COc1cc(CN)ccc1NC(=O)CCc1ccco1. The Bertz CT molecular complexity index is 565. The van der Waals surface area contributed by atoms with Gasteiger partial charge in [0, 0.05) is 19.4 Å². The number of hydrogen-bond acceptors (Lipinski definition) is 4. The molecule has 2 rings (SSSR count). The van der Waals surface area contributed by atoms with E-state index in [1.165, 1.54) is 0 Å². The summed E-state index contributed by atoms with van der Waals surface area (Å²) in [6.45, 7) is 0.434. The number of hydrogen-bond donors (Lipinski definition) is 2. The Kier molecular flexibility index (Phi) is 4.79. The van der Waals surface area contributed by atoms with Crippen LogP contribution >= 0.6 is 0 Å². The number of anilines is 1. The maximum Gasteiger partial charge on any atom is 0.224 e. The Labute approximate surface area is 117 Å². The zero-order valence-corrected chi connectivity index (χ0v) is 11.4. The highest BCUT2D eigenvalue weighted by molar-refractivity contribution is 5.92. The lowest BCUT2D eigenvalue weighted by Crippen LogP contribution is -2.13. The number of amides is 1. The maximum atomic E-state index is 11.9. The Morgan fingerprint density at radius 2 is 2.25 bits per heavy atom. The van der Waals surface area contributed by atoms with Gasteiger partial charge in [0.15, 0.2) is 0 Å². The van der Waals surface area contributed by atoms with Crippen molar-refractivity contribution < 1.29 is 13.9 Å². The fourth-order valence-corrected chi connectivity index (χ4v) is 1.87. The van der Waals surface area contributed by atoms with E-state index in [2.05, 4.69) is 5.32 Å². The number of methoxy groups -OCH3 is 1. The van der Waals surface area contributed by atoms with Crippen molar-refractivity contribution in [3.63, 3.8) is 0 Å². The van der Waals surface area contributed by atoms with Crippen molar-refractivity contribution in [3.05, 3.63) is 47.9 Å². The summed E-state index contributed by atoms with van der Waals surface area (Å²) < 4.78 is 10.4. The van der Waals surface area contributed by atoms with Crippen molar-refractivity contribution in [2.75, 3.05) is 12.4 Å². The first-order valence-electron chi connectivity index (χ1n) is 6.42. The number of aryl methyl sites for hydroxylation is 1. The molecule has 5 nitrogen and oxygen atoms in total. The fraction of sp³-hybridized carbons (Fsp3) is 0.267. The van der Waals surface area contributed by atoms with Crippen LogP contribution in [0.2, 0.25) is 0 Å². The molecule has 1 amide bonds. The van der Waals surface area contributed by atoms with Crippen LogP contribution in [0, 0.1) is 0 Å². The van der Waals surface area contributed by atoms with E-state index in [0.29, 0.717) is 30.8 Å². The molecule has 5 heteroatoms. The van der Waals surface area contributed by atoms with Crippen LogP contribution in [0.1, 0.15) is 17.7 Å². The molecule has 0 radical (unpaired) electrons. The molecule has 0 saturated heterocycles. The largest absolute Gasteiger partial charge is 0.495 e. The molecule has 0 aliphatic heterocycles. The molecule has 0 unspecified atom stereocenters. The lowest BCUT2D eigenvalue weighted by atomic mass is 10.1. The van der Waals surface area contributed by atoms with Crippen molar-refractivity contribution in [3.8, 4) is 5.75 Å². The number of rotatable bonds is 6. The molecular formula is C15H18N2O3. The van der Waals surface area contributed by atoms with Crippen LogP contribution < -0.4 is 15.8 Å². The number of nitrogens with two attached hydrogens (primary N) is 1. The first-order chi connectivity index (χ1) is 9.72. The third-order valence-electron chi connectivity index (χ3n) is 2.95. The zero-order chi connectivity index (χ0) is 14.4. The van der Waals surface area contributed by atoms with Crippen molar-refractivity contribution in [2.24, 2.45) is 5.73 Å². The fourth-order valence-electron chi connectivity index (χ4n) is 1.87. The molecule has 0 aliphatic carbocycles. The minimum Gasteiger partial charge on any atom is -0.495 e. The first kappa shape index (κ1) is 14.1. The summed E-state index contributed by atoms with van der Waals surface area (Å²) in [5.41, 5.74) is 7.17. The average molecular weight is 274 g/mol. The van der Waals surface area contributed by atoms with Gasteiger partial charge >= 0.3 is 0 Å². The van der Waals surface area contributed by atoms with Gasteiger partial charge in [0.25, 0.3) is 0 Å². The summed E-state index contributed by atoms with van der Waals surface area (Å²) >= 11 is 0. The van der Waals surface area contributed by atoms with Gasteiger partial charge in [0.1, 0.15) is 11.5 Å². The van der Waals surface area contributed by atoms with Gasteiger partial charge < -0.3 is 20.2 Å². The topological polar surface area (TPSA) is 77.5 Å². The van der Waals surface area contributed by atoms with Crippen LogP contribution in [0.3, 0.4) is 0 Å². The lowest BCUT2D eigenvalue weighted by Gasteiger charge is -2.11. The van der Waals surface area contributed by atoms with E-state index >= 15 is 0 Å². The summed E-state index contributed by atoms with van der Waals surface area (Å²) in [5.74, 6) is 1.32. The lowest BCUT2D eigenvalue weighted by molar-refractivity contribution is -0.116. The van der Waals surface area contributed by atoms with Crippen LogP contribution in [0.4, 0.5) is 5.69 Å². The summed E-state index contributed by atoms with van der Waals surface area (Å²) in [5, 5.41) is 2.83. The first-order valence-corrected chi connectivity index (χ1v) is 6.42. The smallest absolute Gasteiger partial charge is 0.224 e. The highest BCUT2D eigenvalue weighted by Crippen LogP contribution is 2.25. The molecule has 20 heavy (non-hydrogen) atoms. The second-order valence-electron chi connectivity index (χ2n) is 4.37. The van der Waals surface area contributed by atoms with Crippen molar-refractivity contribution in [2.45, 2.75) is 19.4 Å². The maximum absolute atomic E-state index is 11.9. The highest BCUT2D eigenvalue weighted by Gasteiger charge is 2.09. The molecule has 0 aliphatic rings. The minimum absolute atomic E-state index is 0.0831. The number of furan rings is 1. The molecule has 2 aromatic rings. The van der Waals surface area contributed by atoms with Gasteiger partial charge in [0.2, 0.25) is 5.91 Å². The van der Waals surface area contributed by atoms with E-state index in [-0.39, 0.29) is 5.91 Å². The number of ether oxygens (including phenoxy) is 1. The molecule has 3 N–H and O–H groups in total. The Morgan fingerprint density at radius 3 is 2.90 bits per heavy atom. The normalized spacial score (nSPS) is 10.3. The third-order valence-corrected chi connectivity index (χ3v) is 2.95. The third kappa shape index (κ3) is 3.61. The predicted octanol–water partition coefficient (Wildman–Crippen LogP) is 2.32. The summed E-state index contributed by atoms with van der Waals surface area (Å²) in [6, 6.07) is 9.14. The van der Waals surface area contributed by atoms with Crippen molar-refractivity contribution in [1.29, 1.82) is 0 Å². The Balaban J connectivity index is 1.96. The second-order valence-corrected chi connectivity index (χ2v) is 4.37. The van der Waals surface area contributed by atoms with Crippen LogP contribution in [-0.2, 0) is 17.8 Å². The van der Waals surface area contributed by atoms with E-state index in [4.69, 9.17) is 14.9 Å². The van der Waals surface area contributed by atoms with Gasteiger partial charge in [-0.15, -0.1) is 0 Å². The van der Waals surface area contributed by atoms with Crippen molar-refractivity contribution in [1.82, 2.24) is 0 Å². The molecule has 1 heterocycles. The molecule has 0 bridgehead atoms. The molecule has 106 valence electrons. The van der Waals surface area contributed by atoms with Crippen LogP contribution in [-0.4, -0.2) is 13.0 Å². The molecule has 0 saturated carbocycles. The molecule has 0 fully saturated rings. The van der Waals surface area contributed by atoms with Crippen molar-refractivity contribution >= 4 is 11.6 Å². The monoisotopic (exact) mass is 274 g/mol. The molecule has 0 atom stereocenters. The molecule has 1 aromatic carbocycles. The summed E-state index contributed by atoms with van der Waals surface area (Å²) in [7, 11) is 1.56. The molecular weight excluding hydrogens is 256 g/mol. The van der Waals surface area contributed by atoms with E-state index in [9.17, 15) is 4.79 Å². The highest BCUT2D eigenvalue weighted by atomic mass is 16.5. The average Bonchev–Trinajstić information content (AvgIpc) is 2.99. The quantitative estimate of drug-likeness (QED) is 0.847. The van der Waals surface area contributed by atoms with Gasteiger partial charge in [0.05, 0.1) is 19.1 Å². The standard InChI is InChI=1S/C15H18N2O3/c1-19-14-9-11(10-16)4-6-13(14)17-15(18)7-5-12-3-2-8-20-12/h2-4,6,8-9H,5,7,10,16H2,1H3,(H,17,18). The van der Waals surface area contributed by atoms with Gasteiger partial charge in [-0.3, -0.25) is 4.79 Å². The second kappa shape index (κ2) is 6.77. The Morgan fingerprint density at radius 1 is 1.40 bits per heavy atom. The zero-order valence-electron chi connectivity index (χ0n) is 11.4. The number of carbonyl (C=O) groups is 1. The minimum atomic E-state index is -0.0831. The van der Waals surface area contributed by atoms with Gasteiger partial charge in [-0.25, -0.2) is 0 Å². The molecule has 0 spiro atoms. The molecule has 1 aromatic heterocycles. The van der Waals surface area contributed by atoms with E-state index in [0.717, 1.165) is 11.3 Å². The Hall–Kier alpha value is -2.27. The van der Waals surface area contributed by atoms with Gasteiger partial charge in [-0.2, -0.15) is 0 Å². The number of benzene rings is 1. The van der Waals surface area contributed by atoms with E-state index in [1.807, 2.05) is 24.3 Å². The van der Waals surface area contributed by atoms with E-state index in [1.54, 1.807) is 19.4 Å². The van der Waals surface area contributed by atoms with Gasteiger partial charge in [-0.1, -0.05) is 6.07 Å². The summed E-state index contributed by atoms with van der Waals surface area (Å²) in [4.78, 5) is 11.9.